The number of carboxylic acid groups (broad SMARTS) is 1. The number of benzene rings is 2. The number of sulfonamides is 1. The van der Waals surface area contributed by atoms with Crippen LogP contribution < -0.4 is 5.32 Å². The molecule has 12 heteroatoms. The quantitative estimate of drug-likeness (QED) is 0.298. The molecule has 1 atom stereocenters. The average Bonchev–Trinajstić information content (AvgIpc) is 2.82. The van der Waals surface area contributed by atoms with Gasteiger partial charge in [0, 0.05) is 32.1 Å². The summed E-state index contributed by atoms with van der Waals surface area (Å²) in [7, 11) is -3.25. The van der Waals surface area contributed by atoms with Gasteiger partial charge in [-0.2, -0.15) is 17.5 Å². The predicted molar refractivity (Wildman–Crippen MR) is 135 cm³/mol. The first-order valence-electron chi connectivity index (χ1n) is 12.1. The number of likely N-dealkylation sites (N-methyl/N-ethyl adjacent to an activating group) is 1. The van der Waals surface area contributed by atoms with E-state index in [1.165, 1.54) is 12.1 Å². The Bertz CT molecular complexity index is 1190. The molecule has 38 heavy (non-hydrogen) atoms. The van der Waals surface area contributed by atoms with E-state index in [9.17, 15) is 35.9 Å². The number of hydrogen-bond acceptors (Lipinski definition) is 5. The normalized spacial score (nSPS) is 13.6. The highest BCUT2D eigenvalue weighted by Crippen LogP contribution is 2.32. The van der Waals surface area contributed by atoms with Crippen molar-refractivity contribution in [1.82, 2.24) is 9.62 Å². The molecule has 0 amide bonds. The van der Waals surface area contributed by atoms with Crippen LogP contribution in [0.3, 0.4) is 0 Å². The van der Waals surface area contributed by atoms with E-state index in [4.69, 9.17) is 5.11 Å². The van der Waals surface area contributed by atoms with Crippen LogP contribution in [0.2, 0.25) is 0 Å². The fourth-order valence-electron chi connectivity index (χ4n) is 3.88. The minimum atomic E-state index is -4.83. The summed E-state index contributed by atoms with van der Waals surface area (Å²) in [6.45, 7) is 3.51. The summed E-state index contributed by atoms with van der Waals surface area (Å²) in [6, 6.07) is 8.50. The molecule has 0 unspecified atom stereocenters. The van der Waals surface area contributed by atoms with E-state index in [0.717, 1.165) is 41.9 Å². The maximum Gasteiger partial charge on any atom is 0.416 e. The minimum Gasteiger partial charge on any atom is -0.481 e. The van der Waals surface area contributed by atoms with Gasteiger partial charge in [0.1, 0.15) is 5.82 Å². The van der Waals surface area contributed by atoms with Crippen molar-refractivity contribution < 1.29 is 41.0 Å². The molecule has 0 saturated carbocycles. The lowest BCUT2D eigenvalue weighted by atomic mass is 9.95. The van der Waals surface area contributed by atoms with Crippen LogP contribution in [0, 0.1) is 5.82 Å². The molecule has 0 aliphatic heterocycles. The Hall–Kier alpha value is -2.54. The van der Waals surface area contributed by atoms with Gasteiger partial charge < -0.3 is 15.5 Å². The summed E-state index contributed by atoms with van der Waals surface area (Å²) in [6.07, 6.45) is -4.46. The molecule has 2 rings (SSSR count). The fourth-order valence-corrected chi connectivity index (χ4v) is 5.18. The predicted octanol–water partition coefficient (Wildman–Crippen LogP) is 4.23. The van der Waals surface area contributed by atoms with E-state index in [0.29, 0.717) is 12.5 Å². The number of carboxylic acids is 1. The molecule has 0 radical (unpaired) electrons. The second kappa shape index (κ2) is 13.0. The van der Waals surface area contributed by atoms with Crippen molar-refractivity contribution in [2.45, 2.75) is 68.7 Å². The van der Waals surface area contributed by atoms with Gasteiger partial charge in [0.15, 0.2) is 0 Å². The van der Waals surface area contributed by atoms with Gasteiger partial charge in [-0.15, -0.1) is 0 Å². The molecule has 0 aromatic heterocycles. The van der Waals surface area contributed by atoms with Crippen molar-refractivity contribution in [3.05, 3.63) is 65.0 Å². The Balaban J connectivity index is 2.00. The summed E-state index contributed by atoms with van der Waals surface area (Å²) in [5.41, 5.74) is -0.677. The number of nitrogens with one attached hydrogen (secondary N) is 1. The number of aliphatic hydroxyl groups excluding tert-OH is 1. The maximum absolute atomic E-state index is 13.4. The second-order valence-corrected chi connectivity index (χ2v) is 12.0. The van der Waals surface area contributed by atoms with Crippen molar-refractivity contribution in [3.63, 3.8) is 0 Å². The van der Waals surface area contributed by atoms with Crippen LogP contribution in [0.1, 0.15) is 49.8 Å². The van der Waals surface area contributed by atoms with E-state index >= 15 is 0 Å². The van der Waals surface area contributed by atoms with Crippen molar-refractivity contribution in [2.75, 3.05) is 20.1 Å². The van der Waals surface area contributed by atoms with Crippen LogP contribution in [0.15, 0.2) is 47.4 Å². The first kappa shape index (κ1) is 31.7. The first-order chi connectivity index (χ1) is 17.5. The smallest absolute Gasteiger partial charge is 0.416 e. The number of rotatable bonds is 14. The Morgan fingerprint density at radius 1 is 1.05 bits per heavy atom. The fraction of sp³-hybridized carbons (Fsp3) is 0.500. The van der Waals surface area contributed by atoms with Crippen LogP contribution in [0.5, 0.6) is 0 Å². The Morgan fingerprint density at radius 3 is 2.26 bits per heavy atom. The Morgan fingerprint density at radius 2 is 1.68 bits per heavy atom. The van der Waals surface area contributed by atoms with E-state index in [1.807, 2.05) is 13.8 Å². The van der Waals surface area contributed by atoms with Crippen molar-refractivity contribution in [1.29, 1.82) is 0 Å². The lowest BCUT2D eigenvalue weighted by Gasteiger charge is -2.29. The van der Waals surface area contributed by atoms with Gasteiger partial charge >= 0.3 is 12.1 Å². The van der Waals surface area contributed by atoms with Crippen LogP contribution in [-0.2, 0) is 33.8 Å². The maximum atomic E-state index is 13.4. The van der Waals surface area contributed by atoms with Crippen LogP contribution >= 0.6 is 0 Å². The van der Waals surface area contributed by atoms with E-state index in [-0.39, 0.29) is 30.9 Å². The molecular formula is C26H34F4N2O5S. The van der Waals surface area contributed by atoms with Gasteiger partial charge in [0.2, 0.25) is 10.0 Å². The SMILES string of the molecule is CN(C[C@@H](O)CNC(C)(C)CCCc1ccc(F)cc1)S(=O)(=O)c1cc(CCC(=O)O)cc(C(F)(F)F)c1. The van der Waals surface area contributed by atoms with Gasteiger partial charge in [-0.3, -0.25) is 4.79 Å². The molecule has 2 aromatic rings. The monoisotopic (exact) mass is 562 g/mol. The van der Waals surface area contributed by atoms with Gasteiger partial charge in [-0.1, -0.05) is 12.1 Å². The van der Waals surface area contributed by atoms with E-state index < -0.39 is 50.7 Å². The van der Waals surface area contributed by atoms with Gasteiger partial charge in [-0.05, 0) is 81.0 Å². The molecule has 0 aliphatic rings. The van der Waals surface area contributed by atoms with Crippen molar-refractivity contribution in [2.24, 2.45) is 0 Å². The standard InChI is InChI=1S/C26H34F4N2O5S/c1-25(2,12-4-5-18-6-9-21(27)10-7-18)31-16-22(33)17-32(3)38(36,37)23-14-19(8-11-24(34)35)13-20(15-23)26(28,29)30/h6-7,9-10,13-15,22,31,33H,4-5,8,11-12,16-17H2,1-3H3,(H,34,35)/t22-/m0/s1. The third kappa shape index (κ3) is 9.97. The molecule has 212 valence electrons. The van der Waals surface area contributed by atoms with Crippen molar-refractivity contribution in [3.8, 4) is 0 Å². The molecular weight excluding hydrogens is 528 g/mol. The summed E-state index contributed by atoms with van der Waals surface area (Å²) >= 11 is 0. The zero-order chi connectivity index (χ0) is 28.7. The number of aliphatic hydroxyl groups is 1. The average molecular weight is 563 g/mol. The van der Waals surface area contributed by atoms with E-state index in [1.54, 1.807) is 12.1 Å². The van der Waals surface area contributed by atoms with Gasteiger partial charge in [-0.25, -0.2) is 12.8 Å². The number of nitrogens with zero attached hydrogens (tertiary/aromatic N) is 1. The van der Waals surface area contributed by atoms with Crippen molar-refractivity contribution >= 4 is 16.0 Å². The molecule has 0 aliphatic carbocycles. The minimum absolute atomic E-state index is 0.0376. The molecule has 0 saturated heterocycles. The lowest BCUT2D eigenvalue weighted by Crippen LogP contribution is -2.46. The highest BCUT2D eigenvalue weighted by atomic mass is 32.2. The summed E-state index contributed by atoms with van der Waals surface area (Å²) in [5.74, 6) is -1.53. The third-order valence-electron chi connectivity index (χ3n) is 6.09. The zero-order valence-electron chi connectivity index (χ0n) is 21.6. The van der Waals surface area contributed by atoms with Crippen LogP contribution in [0.4, 0.5) is 17.6 Å². The van der Waals surface area contributed by atoms with Gasteiger partial charge in [0.05, 0.1) is 16.6 Å². The second-order valence-electron chi connectivity index (χ2n) is 9.94. The number of carbonyl (C=O) groups is 1. The molecule has 0 spiro atoms. The highest BCUT2D eigenvalue weighted by Gasteiger charge is 2.34. The molecule has 0 heterocycles. The van der Waals surface area contributed by atoms with Crippen LogP contribution in [0.25, 0.3) is 0 Å². The molecule has 0 bridgehead atoms. The lowest BCUT2D eigenvalue weighted by molar-refractivity contribution is -0.138. The zero-order valence-corrected chi connectivity index (χ0v) is 22.4. The van der Waals surface area contributed by atoms with Crippen LogP contribution in [-0.4, -0.2) is 60.7 Å². The molecule has 0 fully saturated rings. The number of β-amino-alcohol motifs (C(OH)–C–C–N with tert-alkyl or cyclic N) is 1. The van der Waals surface area contributed by atoms with E-state index in [2.05, 4.69) is 5.32 Å². The Kier molecular flexibility index (Phi) is 10.8. The number of aliphatic carboxylic acids is 1. The largest absolute Gasteiger partial charge is 0.481 e. The number of hydrogen-bond donors (Lipinski definition) is 3. The molecule has 2 aromatic carbocycles. The molecule has 3 N–H and O–H groups in total. The topological polar surface area (TPSA) is 107 Å². The van der Waals surface area contributed by atoms with Gasteiger partial charge in [0.25, 0.3) is 0 Å². The highest BCUT2D eigenvalue weighted by molar-refractivity contribution is 7.89. The summed E-state index contributed by atoms with van der Waals surface area (Å²) < 4.78 is 80.0. The summed E-state index contributed by atoms with van der Waals surface area (Å²) in [4.78, 5) is 10.2. The number of halogens is 4. The Labute approximate surface area is 220 Å². The third-order valence-corrected chi connectivity index (χ3v) is 7.90. The first-order valence-corrected chi connectivity index (χ1v) is 13.5. The number of aryl methyl sites for hydroxylation is 2. The molecule has 7 nitrogen and oxygen atoms in total. The number of alkyl halides is 3. The summed E-state index contributed by atoms with van der Waals surface area (Å²) in [5, 5.41) is 22.5.